The summed E-state index contributed by atoms with van der Waals surface area (Å²) in [5.41, 5.74) is 1.96. The Bertz CT molecular complexity index is 995. The highest BCUT2D eigenvalue weighted by Gasteiger charge is 2.49. The van der Waals surface area contributed by atoms with Gasteiger partial charge in [0.25, 0.3) is 0 Å². The van der Waals surface area contributed by atoms with E-state index in [0.717, 1.165) is 24.0 Å². The van der Waals surface area contributed by atoms with Gasteiger partial charge in [-0.1, -0.05) is 18.2 Å². The van der Waals surface area contributed by atoms with Crippen molar-refractivity contribution in [1.82, 2.24) is 9.21 Å². The lowest BCUT2D eigenvalue weighted by Crippen LogP contribution is -2.55. The minimum atomic E-state index is -3.62. The molecule has 30 heavy (non-hydrogen) atoms. The number of carboxylic acid groups (broad SMARTS) is 1. The SMILES string of the molecule is Cc1ccc(S(=O)(=O)N2CCN(C(=O)C3C4C=CC(CC4)C3C(=O)O)CC2)cc1C. The number of fused-ring (bicyclic) bond motifs is 2. The third-order valence-electron chi connectivity index (χ3n) is 6.99. The molecule has 162 valence electrons. The molecular weight excluding hydrogens is 404 g/mol. The van der Waals surface area contributed by atoms with E-state index in [-0.39, 0.29) is 48.8 Å². The molecule has 1 aromatic carbocycles. The van der Waals surface area contributed by atoms with E-state index < -0.39 is 27.8 Å². The maximum atomic E-state index is 13.2. The molecule has 1 saturated carbocycles. The molecule has 0 spiro atoms. The Hall–Kier alpha value is -2.19. The van der Waals surface area contributed by atoms with Gasteiger partial charge in [0.15, 0.2) is 0 Å². The largest absolute Gasteiger partial charge is 0.481 e. The van der Waals surface area contributed by atoms with Crippen molar-refractivity contribution in [1.29, 1.82) is 0 Å². The number of nitrogens with zero attached hydrogens (tertiary/aromatic N) is 2. The van der Waals surface area contributed by atoms with Crippen LogP contribution in [0.3, 0.4) is 0 Å². The number of piperazine rings is 1. The van der Waals surface area contributed by atoms with Gasteiger partial charge in [0.1, 0.15) is 0 Å². The number of sulfonamides is 1. The fraction of sp³-hybridized carbons (Fsp3) is 0.545. The van der Waals surface area contributed by atoms with Crippen LogP contribution in [0.25, 0.3) is 0 Å². The summed E-state index contributed by atoms with van der Waals surface area (Å²) in [5, 5.41) is 9.70. The molecule has 2 bridgehead atoms. The van der Waals surface area contributed by atoms with Crippen LogP contribution in [0.2, 0.25) is 0 Å². The molecule has 7 nitrogen and oxygen atoms in total. The number of rotatable bonds is 4. The molecule has 0 aromatic heterocycles. The van der Waals surface area contributed by atoms with Crippen molar-refractivity contribution in [3.8, 4) is 0 Å². The molecule has 1 heterocycles. The van der Waals surface area contributed by atoms with Crippen LogP contribution in [0.15, 0.2) is 35.2 Å². The zero-order chi connectivity index (χ0) is 21.6. The number of aryl methyl sites for hydroxylation is 2. The van der Waals surface area contributed by atoms with E-state index >= 15 is 0 Å². The van der Waals surface area contributed by atoms with Crippen LogP contribution >= 0.6 is 0 Å². The smallest absolute Gasteiger partial charge is 0.307 e. The van der Waals surface area contributed by atoms with E-state index in [1.165, 1.54) is 4.31 Å². The standard InChI is InChI=1S/C22H28N2O5S/c1-14-3-8-18(13-15(14)2)30(28,29)24-11-9-23(10-12-24)21(25)19-16-4-6-17(7-5-16)20(19)22(26)27/h3-4,6,8,13,16-17,19-20H,5,7,9-12H2,1-2H3,(H,26,27). The van der Waals surface area contributed by atoms with Crippen molar-refractivity contribution in [2.75, 3.05) is 26.2 Å². The Labute approximate surface area is 177 Å². The number of benzene rings is 1. The van der Waals surface area contributed by atoms with Crippen molar-refractivity contribution in [3.63, 3.8) is 0 Å². The van der Waals surface area contributed by atoms with Crippen LogP contribution in [0.5, 0.6) is 0 Å². The summed E-state index contributed by atoms with van der Waals surface area (Å²) in [6, 6.07) is 5.11. The summed E-state index contributed by atoms with van der Waals surface area (Å²) in [6.07, 6.45) is 5.59. The van der Waals surface area contributed by atoms with Crippen molar-refractivity contribution >= 4 is 21.9 Å². The molecule has 1 amide bonds. The second-order valence-corrected chi connectivity index (χ2v) is 10.6. The molecule has 8 heteroatoms. The Morgan fingerprint density at radius 3 is 2.07 bits per heavy atom. The van der Waals surface area contributed by atoms with Gasteiger partial charge in [0.2, 0.25) is 15.9 Å². The Kier molecular flexibility index (Phi) is 5.48. The van der Waals surface area contributed by atoms with E-state index in [2.05, 4.69) is 0 Å². The third kappa shape index (κ3) is 3.56. The number of carbonyl (C=O) groups is 2. The monoisotopic (exact) mass is 432 g/mol. The average molecular weight is 433 g/mol. The number of carboxylic acids is 1. The zero-order valence-corrected chi connectivity index (χ0v) is 18.1. The first-order chi connectivity index (χ1) is 14.2. The van der Waals surface area contributed by atoms with Gasteiger partial charge in [-0.3, -0.25) is 9.59 Å². The van der Waals surface area contributed by atoms with Crippen LogP contribution in [0.1, 0.15) is 24.0 Å². The summed E-state index contributed by atoms with van der Waals surface area (Å²) in [6.45, 7) is 4.83. The van der Waals surface area contributed by atoms with Crippen molar-refractivity contribution < 1.29 is 23.1 Å². The van der Waals surface area contributed by atoms with Gasteiger partial charge in [0.05, 0.1) is 16.7 Å². The lowest BCUT2D eigenvalue weighted by Gasteiger charge is -2.45. The topological polar surface area (TPSA) is 95.0 Å². The van der Waals surface area contributed by atoms with Crippen LogP contribution in [-0.4, -0.2) is 60.8 Å². The predicted octanol–water partition coefficient (Wildman–Crippen LogP) is 2.05. The van der Waals surface area contributed by atoms with Gasteiger partial charge in [-0.05, 0) is 61.8 Å². The predicted molar refractivity (Wildman–Crippen MR) is 111 cm³/mol. The molecule has 3 aliphatic carbocycles. The molecule has 1 saturated heterocycles. The number of hydrogen-bond acceptors (Lipinski definition) is 4. The minimum absolute atomic E-state index is 0.0408. The van der Waals surface area contributed by atoms with E-state index in [1.807, 2.05) is 26.0 Å². The fourth-order valence-corrected chi connectivity index (χ4v) is 6.56. The van der Waals surface area contributed by atoms with Gasteiger partial charge in [-0.2, -0.15) is 4.31 Å². The van der Waals surface area contributed by atoms with Crippen LogP contribution < -0.4 is 0 Å². The first kappa shape index (κ1) is 21.1. The summed E-state index contributed by atoms with van der Waals surface area (Å²) < 4.78 is 27.4. The van der Waals surface area contributed by atoms with Gasteiger partial charge >= 0.3 is 5.97 Å². The van der Waals surface area contributed by atoms with E-state index in [1.54, 1.807) is 23.1 Å². The minimum Gasteiger partial charge on any atom is -0.481 e. The lowest BCUT2D eigenvalue weighted by atomic mass is 9.62. The number of hydrogen-bond donors (Lipinski definition) is 1. The highest BCUT2D eigenvalue weighted by molar-refractivity contribution is 7.89. The fourth-order valence-electron chi connectivity index (χ4n) is 5.05. The Morgan fingerprint density at radius 2 is 1.53 bits per heavy atom. The zero-order valence-electron chi connectivity index (χ0n) is 17.3. The van der Waals surface area contributed by atoms with Crippen LogP contribution in [-0.2, 0) is 19.6 Å². The van der Waals surface area contributed by atoms with E-state index in [9.17, 15) is 23.1 Å². The van der Waals surface area contributed by atoms with Gasteiger partial charge in [0, 0.05) is 26.2 Å². The van der Waals surface area contributed by atoms with E-state index in [4.69, 9.17) is 0 Å². The highest BCUT2D eigenvalue weighted by atomic mass is 32.2. The maximum Gasteiger partial charge on any atom is 0.307 e. The molecular formula is C22H28N2O5S. The molecule has 1 aliphatic heterocycles. The van der Waals surface area contributed by atoms with Crippen LogP contribution in [0, 0.1) is 37.5 Å². The molecule has 1 N–H and O–H groups in total. The molecule has 4 atom stereocenters. The first-order valence-electron chi connectivity index (χ1n) is 10.5. The number of aliphatic carboxylic acids is 1. The van der Waals surface area contributed by atoms with Gasteiger partial charge < -0.3 is 10.0 Å². The van der Waals surface area contributed by atoms with Crippen molar-refractivity contribution in [2.24, 2.45) is 23.7 Å². The first-order valence-corrected chi connectivity index (χ1v) is 11.9. The Balaban J connectivity index is 1.46. The quantitative estimate of drug-likeness (QED) is 0.735. The molecule has 4 aliphatic rings. The average Bonchev–Trinajstić information content (AvgIpc) is 2.75. The molecule has 0 radical (unpaired) electrons. The molecule has 4 unspecified atom stereocenters. The van der Waals surface area contributed by atoms with Gasteiger partial charge in [-0.15, -0.1) is 0 Å². The van der Waals surface area contributed by atoms with Crippen LogP contribution in [0.4, 0.5) is 0 Å². The lowest BCUT2D eigenvalue weighted by molar-refractivity contribution is -0.157. The second-order valence-electron chi connectivity index (χ2n) is 8.66. The summed E-state index contributed by atoms with van der Waals surface area (Å²) >= 11 is 0. The maximum absolute atomic E-state index is 13.2. The van der Waals surface area contributed by atoms with Crippen molar-refractivity contribution in [2.45, 2.75) is 31.6 Å². The van der Waals surface area contributed by atoms with Crippen molar-refractivity contribution in [3.05, 3.63) is 41.5 Å². The third-order valence-corrected chi connectivity index (χ3v) is 8.88. The molecule has 5 rings (SSSR count). The number of carbonyl (C=O) groups excluding carboxylic acids is 1. The summed E-state index contributed by atoms with van der Waals surface area (Å²) in [7, 11) is -3.62. The second kappa shape index (κ2) is 7.81. The molecule has 1 aromatic rings. The summed E-state index contributed by atoms with van der Waals surface area (Å²) in [5.74, 6) is -2.42. The van der Waals surface area contributed by atoms with Gasteiger partial charge in [-0.25, -0.2) is 8.42 Å². The highest BCUT2D eigenvalue weighted by Crippen LogP contribution is 2.45. The number of allylic oxidation sites excluding steroid dienone is 2. The Morgan fingerprint density at radius 1 is 0.933 bits per heavy atom. The van der Waals surface area contributed by atoms with E-state index in [0.29, 0.717) is 0 Å². The molecule has 2 fully saturated rings. The number of amides is 1. The normalized spacial score (nSPS) is 29.2. The summed E-state index contributed by atoms with van der Waals surface area (Å²) in [4.78, 5) is 27.0.